The number of benzene rings is 3. The number of esters is 1. The molecule has 0 aliphatic rings. The fourth-order valence-corrected chi connectivity index (χ4v) is 3.11. The fourth-order valence-electron chi connectivity index (χ4n) is 3.11. The maximum atomic E-state index is 12.4. The molecule has 1 heterocycles. The molecule has 6 nitrogen and oxygen atoms in total. The van der Waals surface area contributed by atoms with Crippen molar-refractivity contribution in [3.63, 3.8) is 0 Å². The van der Waals surface area contributed by atoms with Crippen molar-refractivity contribution in [2.75, 3.05) is 7.11 Å². The third-order valence-corrected chi connectivity index (χ3v) is 4.73. The van der Waals surface area contributed by atoms with Gasteiger partial charge in [-0.05, 0) is 42.0 Å². The molecular formula is C25H20O6. The van der Waals surface area contributed by atoms with Gasteiger partial charge in [-0.25, -0.2) is 9.59 Å². The number of carbonyl (C=O) groups is 1. The summed E-state index contributed by atoms with van der Waals surface area (Å²) in [6, 6.07) is 23.0. The monoisotopic (exact) mass is 416 g/mol. The molecule has 0 aliphatic carbocycles. The molecule has 0 atom stereocenters. The van der Waals surface area contributed by atoms with Gasteiger partial charge in [0, 0.05) is 23.1 Å². The predicted octanol–water partition coefficient (Wildman–Crippen LogP) is 4.74. The maximum absolute atomic E-state index is 12.4. The Morgan fingerprint density at radius 2 is 1.61 bits per heavy atom. The molecule has 0 fully saturated rings. The van der Waals surface area contributed by atoms with E-state index in [-0.39, 0.29) is 6.61 Å². The van der Waals surface area contributed by atoms with Gasteiger partial charge in [-0.1, -0.05) is 30.3 Å². The lowest BCUT2D eigenvalue weighted by Gasteiger charge is -2.09. The Balaban J connectivity index is 1.41. The van der Waals surface area contributed by atoms with Crippen LogP contribution in [0.2, 0.25) is 0 Å². The van der Waals surface area contributed by atoms with Crippen molar-refractivity contribution in [3.05, 3.63) is 106 Å². The van der Waals surface area contributed by atoms with Crippen LogP contribution in [0.15, 0.2) is 88.1 Å². The number of carbonyl (C=O) groups excluding carboxylic acids is 1. The van der Waals surface area contributed by atoms with Crippen LogP contribution in [-0.4, -0.2) is 13.1 Å². The first-order chi connectivity index (χ1) is 15.1. The SMILES string of the molecule is COc1ccc2c(COC(=O)c3ccc(OCc4ccccc4)cc3)cc(=O)oc2c1. The van der Waals surface area contributed by atoms with Gasteiger partial charge in [0.15, 0.2) is 0 Å². The Morgan fingerprint density at radius 1 is 0.871 bits per heavy atom. The van der Waals surface area contributed by atoms with Crippen molar-refractivity contribution in [3.8, 4) is 11.5 Å². The Kier molecular flexibility index (Phi) is 5.98. The van der Waals surface area contributed by atoms with Crippen molar-refractivity contribution >= 4 is 16.9 Å². The quantitative estimate of drug-likeness (QED) is 0.320. The lowest BCUT2D eigenvalue weighted by atomic mass is 10.1. The average Bonchev–Trinajstić information content (AvgIpc) is 2.81. The third-order valence-electron chi connectivity index (χ3n) is 4.73. The van der Waals surface area contributed by atoms with Gasteiger partial charge in [0.25, 0.3) is 0 Å². The van der Waals surface area contributed by atoms with E-state index in [4.69, 9.17) is 18.6 Å². The molecule has 0 saturated heterocycles. The predicted molar refractivity (Wildman–Crippen MR) is 115 cm³/mol. The van der Waals surface area contributed by atoms with E-state index in [0.29, 0.717) is 40.2 Å². The molecule has 1 aromatic heterocycles. The number of hydrogen-bond donors (Lipinski definition) is 0. The standard InChI is InChI=1S/C25H20O6/c1-28-21-11-12-22-19(13-24(26)31-23(22)14-21)16-30-25(27)18-7-9-20(10-8-18)29-15-17-5-3-2-4-6-17/h2-14H,15-16H2,1H3. The van der Waals surface area contributed by atoms with Crippen LogP contribution < -0.4 is 15.1 Å². The summed E-state index contributed by atoms with van der Waals surface area (Å²) in [5.74, 6) is 0.727. The smallest absolute Gasteiger partial charge is 0.338 e. The zero-order valence-electron chi connectivity index (χ0n) is 16.9. The zero-order valence-corrected chi connectivity index (χ0v) is 16.9. The highest BCUT2D eigenvalue weighted by atomic mass is 16.5. The maximum Gasteiger partial charge on any atom is 0.338 e. The Labute approximate surface area is 178 Å². The minimum Gasteiger partial charge on any atom is -0.497 e. The van der Waals surface area contributed by atoms with E-state index in [2.05, 4.69) is 0 Å². The van der Waals surface area contributed by atoms with E-state index in [1.165, 1.54) is 13.2 Å². The second-order valence-corrected chi connectivity index (χ2v) is 6.83. The minimum atomic E-state index is -0.522. The molecule has 6 heteroatoms. The van der Waals surface area contributed by atoms with Crippen LogP contribution >= 0.6 is 0 Å². The largest absolute Gasteiger partial charge is 0.497 e. The van der Waals surface area contributed by atoms with Gasteiger partial charge >= 0.3 is 11.6 Å². The van der Waals surface area contributed by atoms with E-state index in [0.717, 1.165) is 5.56 Å². The Hall–Kier alpha value is -4.06. The van der Waals surface area contributed by atoms with Gasteiger partial charge in [-0.2, -0.15) is 0 Å². The minimum absolute atomic E-state index is 0.0560. The van der Waals surface area contributed by atoms with Crippen LogP contribution in [-0.2, 0) is 18.0 Å². The molecule has 0 N–H and O–H groups in total. The molecule has 0 amide bonds. The molecule has 0 aliphatic heterocycles. The molecule has 0 unspecified atom stereocenters. The summed E-state index contributed by atoms with van der Waals surface area (Å²) in [4.78, 5) is 24.3. The molecule has 4 rings (SSSR count). The summed E-state index contributed by atoms with van der Waals surface area (Å²) in [7, 11) is 1.53. The van der Waals surface area contributed by atoms with Crippen molar-refractivity contribution in [1.29, 1.82) is 0 Å². The van der Waals surface area contributed by atoms with Crippen LogP contribution in [0.4, 0.5) is 0 Å². The first-order valence-electron chi connectivity index (χ1n) is 9.67. The lowest BCUT2D eigenvalue weighted by molar-refractivity contribution is 0.0473. The van der Waals surface area contributed by atoms with E-state index in [9.17, 15) is 9.59 Å². The zero-order chi connectivity index (χ0) is 21.6. The van der Waals surface area contributed by atoms with Crippen LogP contribution in [0.25, 0.3) is 11.0 Å². The summed E-state index contributed by atoms with van der Waals surface area (Å²) < 4.78 is 21.5. The van der Waals surface area contributed by atoms with E-state index < -0.39 is 11.6 Å². The molecule has 0 saturated carbocycles. The number of rotatable bonds is 7. The number of hydrogen-bond acceptors (Lipinski definition) is 6. The Morgan fingerprint density at radius 3 is 2.35 bits per heavy atom. The van der Waals surface area contributed by atoms with Crippen molar-refractivity contribution < 1.29 is 23.4 Å². The lowest BCUT2D eigenvalue weighted by Crippen LogP contribution is -2.08. The van der Waals surface area contributed by atoms with Gasteiger partial charge in [-0.3, -0.25) is 0 Å². The van der Waals surface area contributed by atoms with Crippen molar-refractivity contribution in [2.24, 2.45) is 0 Å². The Bertz CT molecular complexity index is 1240. The summed E-state index contributed by atoms with van der Waals surface area (Å²) in [6.45, 7) is 0.388. The molecule has 156 valence electrons. The highest BCUT2D eigenvalue weighted by Crippen LogP contribution is 2.23. The average molecular weight is 416 g/mol. The second-order valence-electron chi connectivity index (χ2n) is 6.83. The highest BCUT2D eigenvalue weighted by molar-refractivity contribution is 5.90. The first-order valence-corrected chi connectivity index (χ1v) is 9.67. The first kappa shape index (κ1) is 20.2. The molecular weight excluding hydrogens is 396 g/mol. The summed E-state index contributed by atoms with van der Waals surface area (Å²) >= 11 is 0. The van der Waals surface area contributed by atoms with Crippen molar-refractivity contribution in [1.82, 2.24) is 0 Å². The molecule has 4 aromatic rings. The molecule has 0 spiro atoms. The third kappa shape index (κ3) is 4.93. The van der Waals surface area contributed by atoms with Crippen LogP contribution in [0, 0.1) is 0 Å². The number of fused-ring (bicyclic) bond motifs is 1. The number of ether oxygens (including phenoxy) is 3. The fraction of sp³-hybridized carbons (Fsp3) is 0.120. The number of methoxy groups -OCH3 is 1. The summed E-state index contributed by atoms with van der Waals surface area (Å²) in [5, 5.41) is 0.679. The van der Waals surface area contributed by atoms with Crippen molar-refractivity contribution in [2.45, 2.75) is 13.2 Å². The molecule has 0 bridgehead atoms. The van der Waals surface area contributed by atoms with Crippen LogP contribution in [0.1, 0.15) is 21.5 Å². The van der Waals surface area contributed by atoms with Gasteiger partial charge in [0.1, 0.15) is 30.3 Å². The normalized spacial score (nSPS) is 10.6. The van der Waals surface area contributed by atoms with Gasteiger partial charge in [0.05, 0.1) is 12.7 Å². The topological polar surface area (TPSA) is 75.0 Å². The van der Waals surface area contributed by atoms with Crippen LogP contribution in [0.3, 0.4) is 0 Å². The van der Waals surface area contributed by atoms with E-state index in [1.54, 1.807) is 42.5 Å². The van der Waals surface area contributed by atoms with E-state index >= 15 is 0 Å². The second kappa shape index (κ2) is 9.17. The molecule has 31 heavy (non-hydrogen) atoms. The highest BCUT2D eigenvalue weighted by Gasteiger charge is 2.12. The molecule has 3 aromatic carbocycles. The molecule has 0 radical (unpaired) electrons. The summed E-state index contributed by atoms with van der Waals surface area (Å²) in [5.41, 5.74) is 1.86. The van der Waals surface area contributed by atoms with Gasteiger partial charge in [0.2, 0.25) is 0 Å². The van der Waals surface area contributed by atoms with Gasteiger partial charge in [-0.15, -0.1) is 0 Å². The van der Waals surface area contributed by atoms with Gasteiger partial charge < -0.3 is 18.6 Å². The van der Waals surface area contributed by atoms with E-state index in [1.807, 2.05) is 30.3 Å². The summed E-state index contributed by atoms with van der Waals surface area (Å²) in [6.07, 6.45) is 0. The van der Waals surface area contributed by atoms with Crippen LogP contribution in [0.5, 0.6) is 11.5 Å².